The van der Waals surface area contributed by atoms with E-state index in [9.17, 15) is 4.79 Å². The summed E-state index contributed by atoms with van der Waals surface area (Å²) in [4.78, 5) is 11.5. The highest BCUT2D eigenvalue weighted by Gasteiger charge is 2.34. The number of hydrogen-bond donors (Lipinski definition) is 3. The highest BCUT2D eigenvalue weighted by Crippen LogP contribution is 2.15. The Morgan fingerprint density at radius 1 is 1.62 bits per heavy atom. The van der Waals surface area contributed by atoms with Crippen molar-refractivity contribution < 1.29 is 24.9 Å². The zero-order chi connectivity index (χ0) is 12.2. The molecule has 1 rings (SSSR count). The van der Waals surface area contributed by atoms with E-state index in [2.05, 4.69) is 10.6 Å². The van der Waals surface area contributed by atoms with Crippen molar-refractivity contribution in [2.75, 3.05) is 27.0 Å². The lowest BCUT2D eigenvalue weighted by Gasteiger charge is -2.26. The van der Waals surface area contributed by atoms with Crippen LogP contribution in [0.15, 0.2) is 5.10 Å². The molecule has 1 unspecified atom stereocenters. The minimum atomic E-state index is -1.28. The number of carbonyl (C=O) groups is 1. The molecule has 0 bridgehead atoms. The van der Waals surface area contributed by atoms with Crippen molar-refractivity contribution in [2.24, 2.45) is 10.5 Å². The van der Waals surface area contributed by atoms with Crippen molar-refractivity contribution in [3.63, 3.8) is 0 Å². The normalized spacial score (nSPS) is 20.2. The van der Waals surface area contributed by atoms with E-state index in [-0.39, 0.29) is 6.73 Å². The molecule has 0 spiro atoms. The van der Waals surface area contributed by atoms with Gasteiger partial charge in [0.25, 0.3) is 0 Å². The molecule has 1 heterocycles. The molecule has 0 aliphatic carbocycles. The van der Waals surface area contributed by atoms with Gasteiger partial charge >= 0.3 is 5.97 Å². The van der Waals surface area contributed by atoms with Crippen LogP contribution in [0, 0.1) is 5.41 Å². The number of quaternary nitrogens is 1. The Morgan fingerprint density at radius 3 is 2.69 bits per heavy atom. The first-order valence-electron chi connectivity index (χ1n) is 4.75. The van der Waals surface area contributed by atoms with E-state index < -0.39 is 24.6 Å². The first-order valence-corrected chi connectivity index (χ1v) is 4.75. The van der Waals surface area contributed by atoms with Crippen LogP contribution >= 0.6 is 0 Å². The minimum Gasteiger partial charge on any atom is -0.413 e. The number of esters is 1. The summed E-state index contributed by atoms with van der Waals surface area (Å²) in [6, 6.07) is 0. The number of nitrogens with one attached hydrogen (secondary N) is 1. The molecule has 1 aliphatic heterocycles. The third-order valence-corrected chi connectivity index (χ3v) is 2.17. The van der Waals surface area contributed by atoms with Gasteiger partial charge in [-0.1, -0.05) is 5.10 Å². The average molecular weight is 232 g/mol. The predicted molar refractivity (Wildman–Crippen MR) is 53.8 cm³/mol. The summed E-state index contributed by atoms with van der Waals surface area (Å²) in [7, 11) is 1.70. The molecule has 0 radical (unpaired) electrons. The molecular weight excluding hydrogens is 216 g/mol. The molecule has 1 aliphatic rings. The Hall–Kier alpha value is -1.22. The lowest BCUT2D eigenvalue weighted by molar-refractivity contribution is -0.888. The SMILES string of the molecule is CN1C=N[NH+](COC(=O)C(C)(CO)CO)[N-]1. The molecular formula is C8H16N4O4. The number of rotatable bonds is 5. The maximum Gasteiger partial charge on any atom is 0.320 e. The topological polar surface area (TPSA) is 101 Å². The maximum absolute atomic E-state index is 11.5. The molecule has 0 saturated heterocycles. The van der Waals surface area contributed by atoms with Crippen LogP contribution in [0.3, 0.4) is 0 Å². The molecule has 8 nitrogen and oxygen atoms in total. The van der Waals surface area contributed by atoms with Gasteiger partial charge < -0.3 is 25.5 Å². The highest BCUT2D eigenvalue weighted by molar-refractivity contribution is 5.76. The number of aliphatic hydroxyl groups excluding tert-OH is 2. The standard InChI is InChI=1S/C8H16N4O4/c1-8(3-13,4-14)7(15)16-6-12-9-5-11(2)10-12/h5,12-14H,3-4,6H2,1-2H3. The van der Waals surface area contributed by atoms with Crippen molar-refractivity contribution >= 4 is 12.3 Å². The van der Waals surface area contributed by atoms with Crippen LogP contribution < -0.4 is 5.12 Å². The van der Waals surface area contributed by atoms with Gasteiger partial charge in [-0.3, -0.25) is 4.79 Å². The van der Waals surface area contributed by atoms with E-state index >= 15 is 0 Å². The van der Waals surface area contributed by atoms with E-state index in [0.29, 0.717) is 5.12 Å². The van der Waals surface area contributed by atoms with E-state index in [4.69, 9.17) is 14.9 Å². The van der Waals surface area contributed by atoms with Crippen molar-refractivity contribution in [1.82, 2.24) is 5.01 Å². The molecule has 0 aromatic rings. The molecule has 3 N–H and O–H groups in total. The third-order valence-electron chi connectivity index (χ3n) is 2.17. The molecule has 0 amide bonds. The maximum atomic E-state index is 11.5. The van der Waals surface area contributed by atoms with Crippen LogP contribution in [0.25, 0.3) is 5.53 Å². The Kier molecular flexibility index (Phi) is 4.19. The Bertz CT molecular complexity index is 279. The van der Waals surface area contributed by atoms with Crippen LogP contribution in [0.1, 0.15) is 6.92 Å². The lowest BCUT2D eigenvalue weighted by atomic mass is 9.93. The van der Waals surface area contributed by atoms with Crippen molar-refractivity contribution in [3.8, 4) is 0 Å². The van der Waals surface area contributed by atoms with E-state index in [1.54, 1.807) is 7.05 Å². The average Bonchev–Trinajstić information content (AvgIpc) is 2.70. The first kappa shape index (κ1) is 12.8. The van der Waals surface area contributed by atoms with Gasteiger partial charge in [0.05, 0.1) is 13.2 Å². The highest BCUT2D eigenvalue weighted by atomic mass is 16.6. The van der Waals surface area contributed by atoms with E-state index in [0.717, 1.165) is 0 Å². The second kappa shape index (κ2) is 5.21. The fourth-order valence-electron chi connectivity index (χ4n) is 0.933. The largest absolute Gasteiger partial charge is 0.413 e. The number of hydrogen-bond acceptors (Lipinski definition) is 6. The summed E-state index contributed by atoms with van der Waals surface area (Å²) in [5.74, 6) is -0.676. The quantitative estimate of drug-likeness (QED) is 0.453. The van der Waals surface area contributed by atoms with Crippen LogP contribution in [-0.2, 0) is 9.53 Å². The van der Waals surface area contributed by atoms with Gasteiger partial charge in [0.2, 0.25) is 6.73 Å². The summed E-state index contributed by atoms with van der Waals surface area (Å²) in [5.41, 5.74) is 2.64. The number of aliphatic hydroxyl groups is 2. The van der Waals surface area contributed by atoms with Gasteiger partial charge in [0, 0.05) is 0 Å². The summed E-state index contributed by atoms with van der Waals surface area (Å²) < 4.78 is 4.89. The summed E-state index contributed by atoms with van der Waals surface area (Å²) in [6.07, 6.45) is 1.49. The monoisotopic (exact) mass is 232 g/mol. The molecule has 0 aromatic carbocycles. The van der Waals surface area contributed by atoms with Gasteiger partial charge in [0.15, 0.2) is 0 Å². The zero-order valence-electron chi connectivity index (χ0n) is 9.25. The molecule has 92 valence electrons. The smallest absolute Gasteiger partial charge is 0.320 e. The first-order chi connectivity index (χ1) is 7.51. The number of ether oxygens (including phenoxy) is 1. The van der Waals surface area contributed by atoms with Crippen molar-refractivity contribution in [1.29, 1.82) is 0 Å². The molecule has 0 saturated carbocycles. The Labute approximate surface area is 93.0 Å². The van der Waals surface area contributed by atoms with Crippen LogP contribution in [0.4, 0.5) is 0 Å². The Balaban J connectivity index is 2.38. The summed E-state index contributed by atoms with van der Waals surface area (Å²) in [5, 5.41) is 23.6. The van der Waals surface area contributed by atoms with Gasteiger partial charge in [0.1, 0.15) is 11.8 Å². The third kappa shape index (κ3) is 2.89. The predicted octanol–water partition coefficient (Wildman–Crippen LogP) is -2.54. The van der Waals surface area contributed by atoms with Gasteiger partial charge in [-0.25, -0.2) is 5.12 Å². The lowest BCUT2D eigenvalue weighted by Crippen LogP contribution is -3.02. The van der Waals surface area contributed by atoms with E-state index in [1.807, 2.05) is 0 Å². The molecule has 8 heteroatoms. The fourth-order valence-corrected chi connectivity index (χ4v) is 0.933. The molecule has 16 heavy (non-hydrogen) atoms. The number of carbonyl (C=O) groups excluding carboxylic acids is 1. The van der Waals surface area contributed by atoms with Crippen molar-refractivity contribution in [2.45, 2.75) is 6.92 Å². The minimum absolute atomic E-state index is 0.0741. The summed E-state index contributed by atoms with van der Waals surface area (Å²) >= 11 is 0. The zero-order valence-corrected chi connectivity index (χ0v) is 9.25. The second-order valence-corrected chi connectivity index (χ2v) is 3.79. The second-order valence-electron chi connectivity index (χ2n) is 3.79. The molecule has 0 aromatic heterocycles. The van der Waals surface area contributed by atoms with Crippen LogP contribution in [0.2, 0.25) is 0 Å². The van der Waals surface area contributed by atoms with Gasteiger partial charge in [-0.05, 0) is 14.0 Å². The van der Waals surface area contributed by atoms with Crippen LogP contribution in [0.5, 0.6) is 0 Å². The molecule has 0 fully saturated rings. The molecule has 1 atom stereocenters. The van der Waals surface area contributed by atoms with Gasteiger partial charge in [-0.2, -0.15) is 0 Å². The van der Waals surface area contributed by atoms with Gasteiger partial charge in [-0.15, -0.1) is 0 Å². The summed E-state index contributed by atoms with van der Waals surface area (Å²) in [6.45, 7) is 0.395. The van der Waals surface area contributed by atoms with E-state index in [1.165, 1.54) is 18.3 Å². The van der Waals surface area contributed by atoms with Crippen LogP contribution in [-0.4, -0.2) is 54.5 Å². The fraction of sp³-hybridized carbons (Fsp3) is 0.750. The number of nitrogens with zero attached hydrogens (tertiary/aromatic N) is 3. The Morgan fingerprint density at radius 2 is 2.25 bits per heavy atom. The van der Waals surface area contributed by atoms with Crippen molar-refractivity contribution in [3.05, 3.63) is 5.53 Å².